The Morgan fingerprint density at radius 3 is 2.19 bits per heavy atom. The molecule has 1 aliphatic rings. The van der Waals surface area contributed by atoms with Crippen LogP contribution in [0.2, 0.25) is 0 Å². The van der Waals surface area contributed by atoms with Crippen LogP contribution in [0, 0.1) is 26.7 Å². The van der Waals surface area contributed by atoms with Gasteiger partial charge in [-0.3, -0.25) is 4.79 Å². The first-order valence-electron chi connectivity index (χ1n) is 9.08. The van der Waals surface area contributed by atoms with E-state index in [-0.39, 0.29) is 16.7 Å². The van der Waals surface area contributed by atoms with E-state index in [1.807, 2.05) is 32.9 Å². The fourth-order valence-electron chi connectivity index (χ4n) is 3.51. The van der Waals surface area contributed by atoms with E-state index < -0.39 is 16.1 Å². The van der Waals surface area contributed by atoms with Gasteiger partial charge in [0.1, 0.15) is 6.04 Å². The van der Waals surface area contributed by atoms with Crippen molar-refractivity contribution in [3.63, 3.8) is 0 Å². The fourth-order valence-corrected chi connectivity index (χ4v) is 5.17. The van der Waals surface area contributed by atoms with Crippen LogP contribution in [0.15, 0.2) is 17.0 Å². The van der Waals surface area contributed by atoms with Crippen LogP contribution in [0.1, 0.15) is 37.0 Å². The van der Waals surface area contributed by atoms with E-state index in [0.717, 1.165) is 5.56 Å². The Labute approximate surface area is 157 Å². The first kappa shape index (κ1) is 20.9. The SMILES string of the molecule is Cc1cc(C)c(S(=O)(=O)N[C@H](CC(C)C)C(=O)N2CCOCC2)c(C)c1. The van der Waals surface area contributed by atoms with Gasteiger partial charge in [0.05, 0.1) is 18.1 Å². The number of hydrogen-bond acceptors (Lipinski definition) is 4. The lowest BCUT2D eigenvalue weighted by molar-refractivity contribution is -0.137. The minimum absolute atomic E-state index is 0.173. The number of hydrogen-bond donors (Lipinski definition) is 1. The summed E-state index contributed by atoms with van der Waals surface area (Å²) in [6.07, 6.45) is 0.458. The van der Waals surface area contributed by atoms with E-state index in [4.69, 9.17) is 4.74 Å². The van der Waals surface area contributed by atoms with Gasteiger partial charge in [-0.2, -0.15) is 4.72 Å². The lowest BCUT2D eigenvalue weighted by atomic mass is 10.0. The summed E-state index contributed by atoms with van der Waals surface area (Å²) in [6.45, 7) is 11.5. The topological polar surface area (TPSA) is 75.7 Å². The molecule has 1 amide bonds. The number of sulfonamides is 1. The largest absolute Gasteiger partial charge is 0.378 e. The van der Waals surface area contributed by atoms with Crippen LogP contribution in [0.25, 0.3) is 0 Å². The average molecular weight is 383 g/mol. The number of aryl methyl sites for hydroxylation is 3. The van der Waals surface area contributed by atoms with E-state index >= 15 is 0 Å². The van der Waals surface area contributed by atoms with E-state index in [9.17, 15) is 13.2 Å². The zero-order valence-corrected chi connectivity index (χ0v) is 17.1. The van der Waals surface area contributed by atoms with Gasteiger partial charge < -0.3 is 9.64 Å². The average Bonchev–Trinajstić information content (AvgIpc) is 2.52. The van der Waals surface area contributed by atoms with Gasteiger partial charge in [-0.1, -0.05) is 31.5 Å². The number of nitrogens with one attached hydrogen (secondary N) is 1. The molecule has 0 unspecified atom stereocenters. The molecule has 1 aromatic rings. The van der Waals surface area contributed by atoms with E-state index in [2.05, 4.69) is 4.72 Å². The summed E-state index contributed by atoms with van der Waals surface area (Å²) in [6, 6.07) is 2.93. The Bertz CT molecular complexity index is 730. The van der Waals surface area contributed by atoms with Crippen LogP contribution in [0.4, 0.5) is 0 Å². The van der Waals surface area contributed by atoms with Crippen molar-refractivity contribution in [2.75, 3.05) is 26.3 Å². The molecule has 1 aliphatic heterocycles. The van der Waals surface area contributed by atoms with Gasteiger partial charge in [0.2, 0.25) is 15.9 Å². The van der Waals surface area contributed by atoms with E-state index in [1.54, 1.807) is 18.7 Å². The maximum absolute atomic E-state index is 13.1. The molecule has 0 spiro atoms. The predicted octanol–water partition coefficient (Wildman–Crippen LogP) is 2.16. The van der Waals surface area contributed by atoms with Gasteiger partial charge in [0.25, 0.3) is 0 Å². The third-order valence-electron chi connectivity index (χ3n) is 4.50. The van der Waals surface area contributed by atoms with Gasteiger partial charge in [0.15, 0.2) is 0 Å². The monoisotopic (exact) mass is 382 g/mol. The summed E-state index contributed by atoms with van der Waals surface area (Å²) in [4.78, 5) is 14.9. The predicted molar refractivity (Wildman–Crippen MR) is 102 cm³/mol. The molecular weight excluding hydrogens is 352 g/mol. The second-order valence-corrected chi connectivity index (χ2v) is 9.12. The number of ether oxygens (including phenoxy) is 1. The molecule has 1 fully saturated rings. The highest BCUT2D eigenvalue weighted by molar-refractivity contribution is 7.89. The molecule has 26 heavy (non-hydrogen) atoms. The zero-order valence-electron chi connectivity index (χ0n) is 16.3. The molecule has 1 N–H and O–H groups in total. The second kappa shape index (κ2) is 8.50. The smallest absolute Gasteiger partial charge is 0.241 e. The lowest BCUT2D eigenvalue weighted by Gasteiger charge is -2.31. The Balaban J connectivity index is 2.30. The standard InChI is InChI=1S/C19H30N2O4S/c1-13(2)10-17(19(22)21-6-8-25-9-7-21)20-26(23,24)18-15(4)11-14(3)12-16(18)5/h11-13,17,20H,6-10H2,1-5H3/t17-/m1/s1. The van der Waals surface area contributed by atoms with Crippen LogP contribution in [-0.4, -0.2) is 51.6 Å². The molecule has 1 aromatic carbocycles. The summed E-state index contributed by atoms with van der Waals surface area (Å²) in [5.74, 6) is 0.0147. The number of morpholine rings is 1. The Hall–Kier alpha value is -1.44. The lowest BCUT2D eigenvalue weighted by Crippen LogP contribution is -2.52. The van der Waals surface area contributed by atoms with Crippen LogP contribution < -0.4 is 4.72 Å². The van der Waals surface area contributed by atoms with Crippen LogP contribution >= 0.6 is 0 Å². The molecule has 6 nitrogen and oxygen atoms in total. The highest BCUT2D eigenvalue weighted by Gasteiger charge is 2.31. The van der Waals surface area contributed by atoms with Gasteiger partial charge in [0, 0.05) is 13.1 Å². The minimum atomic E-state index is -3.80. The number of rotatable bonds is 6. The summed E-state index contributed by atoms with van der Waals surface area (Å²) in [7, 11) is -3.80. The normalized spacial score (nSPS) is 16.8. The molecule has 0 bridgehead atoms. The van der Waals surface area contributed by atoms with Crippen molar-refractivity contribution in [2.24, 2.45) is 5.92 Å². The number of amides is 1. The molecule has 0 aliphatic carbocycles. The molecule has 2 rings (SSSR count). The van der Waals surface area contributed by atoms with Crippen LogP contribution in [-0.2, 0) is 19.6 Å². The van der Waals surface area contributed by atoms with Gasteiger partial charge in [-0.15, -0.1) is 0 Å². The molecule has 1 heterocycles. The number of carbonyl (C=O) groups is 1. The molecule has 7 heteroatoms. The van der Waals surface area contributed by atoms with Crippen molar-refractivity contribution < 1.29 is 17.9 Å². The van der Waals surface area contributed by atoms with Crippen molar-refractivity contribution in [1.82, 2.24) is 9.62 Å². The first-order valence-corrected chi connectivity index (χ1v) is 10.6. The highest BCUT2D eigenvalue weighted by Crippen LogP contribution is 2.23. The first-order chi connectivity index (χ1) is 12.1. The fraction of sp³-hybridized carbons (Fsp3) is 0.632. The third-order valence-corrected chi connectivity index (χ3v) is 6.27. The van der Waals surface area contributed by atoms with Gasteiger partial charge in [-0.05, 0) is 44.2 Å². The highest BCUT2D eigenvalue weighted by atomic mass is 32.2. The van der Waals surface area contributed by atoms with E-state index in [1.165, 1.54) is 0 Å². The summed E-state index contributed by atoms with van der Waals surface area (Å²) < 4.78 is 34.1. The molecule has 0 saturated carbocycles. The molecule has 1 saturated heterocycles. The quantitative estimate of drug-likeness (QED) is 0.818. The molecular formula is C19H30N2O4S. The van der Waals surface area contributed by atoms with E-state index in [0.29, 0.717) is 43.9 Å². The molecule has 1 atom stereocenters. The Morgan fingerprint density at radius 1 is 1.15 bits per heavy atom. The Kier molecular flexibility index (Phi) is 6.82. The van der Waals surface area contributed by atoms with Crippen molar-refractivity contribution in [2.45, 2.75) is 52.0 Å². The molecule has 0 aromatic heterocycles. The maximum Gasteiger partial charge on any atom is 0.241 e. The minimum Gasteiger partial charge on any atom is -0.378 e. The zero-order chi connectivity index (χ0) is 19.5. The number of benzene rings is 1. The van der Waals surface area contributed by atoms with Crippen LogP contribution in [0.3, 0.4) is 0 Å². The van der Waals surface area contributed by atoms with Gasteiger partial charge in [-0.25, -0.2) is 8.42 Å². The van der Waals surface area contributed by atoms with Gasteiger partial charge >= 0.3 is 0 Å². The van der Waals surface area contributed by atoms with Crippen molar-refractivity contribution >= 4 is 15.9 Å². The molecule has 146 valence electrons. The molecule has 0 radical (unpaired) electrons. The third kappa shape index (κ3) is 5.05. The summed E-state index contributed by atoms with van der Waals surface area (Å²) >= 11 is 0. The van der Waals surface area contributed by atoms with Crippen molar-refractivity contribution in [3.05, 3.63) is 28.8 Å². The van der Waals surface area contributed by atoms with Crippen LogP contribution in [0.5, 0.6) is 0 Å². The van der Waals surface area contributed by atoms with Crippen molar-refractivity contribution in [3.8, 4) is 0 Å². The number of carbonyl (C=O) groups excluding carboxylic acids is 1. The Morgan fingerprint density at radius 2 is 1.69 bits per heavy atom. The summed E-state index contributed by atoms with van der Waals surface area (Å²) in [5, 5.41) is 0. The summed E-state index contributed by atoms with van der Waals surface area (Å²) in [5.41, 5.74) is 2.40. The van der Waals surface area contributed by atoms with Crippen molar-refractivity contribution in [1.29, 1.82) is 0 Å². The maximum atomic E-state index is 13.1. The number of nitrogens with zero attached hydrogens (tertiary/aromatic N) is 1. The second-order valence-electron chi connectivity index (χ2n) is 7.47.